The van der Waals surface area contributed by atoms with Crippen molar-refractivity contribution < 1.29 is 10.0 Å². The quantitative estimate of drug-likeness (QED) is 0.636. The standard InChI is InChI=1S/C14H21N3O3/c1-15-14-6-5-12(17(19)20)8-11(14)9-16-7-3-2-4-13(16)10-18/h5-6,8,13,15,18H,2-4,7,9-10H2,1H3. The first kappa shape index (κ1) is 14.7. The summed E-state index contributed by atoms with van der Waals surface area (Å²) in [5.74, 6) is 0. The topological polar surface area (TPSA) is 78.6 Å². The number of hydrogen-bond acceptors (Lipinski definition) is 5. The van der Waals surface area contributed by atoms with Gasteiger partial charge in [-0.1, -0.05) is 6.42 Å². The number of likely N-dealkylation sites (tertiary alicyclic amines) is 1. The summed E-state index contributed by atoms with van der Waals surface area (Å²) in [4.78, 5) is 12.7. The molecule has 1 aromatic carbocycles. The van der Waals surface area contributed by atoms with E-state index in [0.29, 0.717) is 6.54 Å². The van der Waals surface area contributed by atoms with E-state index in [2.05, 4.69) is 10.2 Å². The average molecular weight is 279 g/mol. The van der Waals surface area contributed by atoms with Gasteiger partial charge in [0.25, 0.3) is 5.69 Å². The molecule has 1 unspecified atom stereocenters. The van der Waals surface area contributed by atoms with Gasteiger partial charge in [0.1, 0.15) is 0 Å². The number of nitro groups is 1. The van der Waals surface area contributed by atoms with Crippen molar-refractivity contribution in [2.45, 2.75) is 31.8 Å². The molecule has 1 atom stereocenters. The molecule has 2 rings (SSSR count). The first-order chi connectivity index (χ1) is 9.65. The Kier molecular flexibility index (Phi) is 4.92. The maximum Gasteiger partial charge on any atom is 0.269 e. The second-order valence-electron chi connectivity index (χ2n) is 5.15. The van der Waals surface area contributed by atoms with Crippen molar-refractivity contribution in [2.75, 3.05) is 25.5 Å². The highest BCUT2D eigenvalue weighted by Gasteiger charge is 2.23. The lowest BCUT2D eigenvalue weighted by Crippen LogP contribution is -2.41. The third-order valence-corrected chi connectivity index (χ3v) is 3.90. The fourth-order valence-electron chi connectivity index (χ4n) is 2.76. The van der Waals surface area contributed by atoms with Gasteiger partial charge in [0.15, 0.2) is 0 Å². The second-order valence-corrected chi connectivity index (χ2v) is 5.15. The lowest BCUT2D eigenvalue weighted by atomic mass is 10.0. The van der Waals surface area contributed by atoms with Crippen molar-refractivity contribution in [1.29, 1.82) is 0 Å². The molecule has 6 heteroatoms. The summed E-state index contributed by atoms with van der Waals surface area (Å²) < 4.78 is 0. The van der Waals surface area contributed by atoms with Crippen LogP contribution >= 0.6 is 0 Å². The molecular formula is C14H21N3O3. The van der Waals surface area contributed by atoms with Gasteiger partial charge in [0.05, 0.1) is 11.5 Å². The van der Waals surface area contributed by atoms with Crippen LogP contribution in [0.2, 0.25) is 0 Å². The molecule has 1 fully saturated rings. The smallest absolute Gasteiger partial charge is 0.269 e. The van der Waals surface area contributed by atoms with Crippen LogP contribution in [0.5, 0.6) is 0 Å². The largest absolute Gasteiger partial charge is 0.395 e. The molecule has 0 aliphatic carbocycles. The van der Waals surface area contributed by atoms with E-state index >= 15 is 0 Å². The Morgan fingerprint density at radius 2 is 2.30 bits per heavy atom. The molecule has 0 radical (unpaired) electrons. The highest BCUT2D eigenvalue weighted by molar-refractivity contribution is 5.55. The van der Waals surface area contributed by atoms with Gasteiger partial charge in [-0.3, -0.25) is 15.0 Å². The Morgan fingerprint density at radius 1 is 1.50 bits per heavy atom. The Balaban J connectivity index is 2.21. The van der Waals surface area contributed by atoms with Crippen LogP contribution in [0.15, 0.2) is 18.2 Å². The van der Waals surface area contributed by atoms with Crippen molar-refractivity contribution >= 4 is 11.4 Å². The molecule has 2 N–H and O–H groups in total. The Morgan fingerprint density at radius 3 is 2.95 bits per heavy atom. The van der Waals surface area contributed by atoms with Gasteiger partial charge in [-0.25, -0.2) is 0 Å². The molecule has 1 aromatic rings. The molecule has 0 spiro atoms. The van der Waals surface area contributed by atoms with Crippen LogP contribution in [0.1, 0.15) is 24.8 Å². The molecule has 110 valence electrons. The van der Waals surface area contributed by atoms with Crippen LogP contribution in [-0.2, 0) is 6.54 Å². The average Bonchev–Trinajstić information content (AvgIpc) is 2.47. The van der Waals surface area contributed by atoms with Crippen LogP contribution in [0.25, 0.3) is 0 Å². The third kappa shape index (κ3) is 3.26. The van der Waals surface area contributed by atoms with Crippen LogP contribution in [0, 0.1) is 10.1 Å². The maximum absolute atomic E-state index is 10.9. The van der Waals surface area contributed by atoms with E-state index in [1.54, 1.807) is 12.1 Å². The predicted molar refractivity (Wildman–Crippen MR) is 77.8 cm³/mol. The zero-order valence-electron chi connectivity index (χ0n) is 11.7. The zero-order chi connectivity index (χ0) is 14.5. The minimum Gasteiger partial charge on any atom is -0.395 e. The zero-order valence-corrected chi connectivity index (χ0v) is 11.7. The number of anilines is 1. The Labute approximate surface area is 118 Å². The van der Waals surface area contributed by atoms with Crippen molar-refractivity contribution in [1.82, 2.24) is 4.90 Å². The number of rotatable bonds is 5. The van der Waals surface area contributed by atoms with Gasteiger partial charge in [-0.05, 0) is 31.0 Å². The number of piperidine rings is 1. The number of nitrogens with one attached hydrogen (secondary N) is 1. The number of aliphatic hydroxyl groups is 1. The molecule has 20 heavy (non-hydrogen) atoms. The highest BCUT2D eigenvalue weighted by Crippen LogP contribution is 2.26. The van der Waals surface area contributed by atoms with Crippen LogP contribution in [0.3, 0.4) is 0 Å². The maximum atomic E-state index is 10.9. The summed E-state index contributed by atoms with van der Waals surface area (Å²) in [5.41, 5.74) is 1.91. The number of nitro benzene ring substituents is 1. The molecule has 1 aliphatic rings. The van der Waals surface area contributed by atoms with E-state index in [-0.39, 0.29) is 23.3 Å². The molecule has 1 aliphatic heterocycles. The van der Waals surface area contributed by atoms with Crippen LogP contribution < -0.4 is 5.32 Å². The molecule has 1 saturated heterocycles. The number of hydrogen-bond donors (Lipinski definition) is 2. The van der Waals surface area contributed by atoms with E-state index in [1.165, 1.54) is 6.07 Å². The summed E-state index contributed by atoms with van der Waals surface area (Å²) in [5, 5.41) is 23.4. The van der Waals surface area contributed by atoms with Gasteiger partial charge in [0, 0.05) is 37.5 Å². The molecular weight excluding hydrogens is 258 g/mol. The van der Waals surface area contributed by atoms with Crippen molar-refractivity contribution in [3.8, 4) is 0 Å². The molecule has 0 amide bonds. The molecule has 1 heterocycles. The first-order valence-electron chi connectivity index (χ1n) is 6.95. The summed E-state index contributed by atoms with van der Waals surface area (Å²) >= 11 is 0. The molecule has 0 bridgehead atoms. The van der Waals surface area contributed by atoms with E-state index in [9.17, 15) is 15.2 Å². The minimum absolute atomic E-state index is 0.108. The highest BCUT2D eigenvalue weighted by atomic mass is 16.6. The SMILES string of the molecule is CNc1ccc([N+](=O)[O-])cc1CN1CCCCC1CO. The van der Waals surface area contributed by atoms with Gasteiger partial charge in [0.2, 0.25) is 0 Å². The summed E-state index contributed by atoms with van der Waals surface area (Å²) in [7, 11) is 1.81. The Hall–Kier alpha value is -1.66. The summed E-state index contributed by atoms with van der Waals surface area (Å²) in [6.07, 6.45) is 3.23. The van der Waals surface area contributed by atoms with E-state index in [4.69, 9.17) is 0 Å². The van der Waals surface area contributed by atoms with E-state index < -0.39 is 0 Å². The van der Waals surface area contributed by atoms with Gasteiger partial charge in [-0.15, -0.1) is 0 Å². The lowest BCUT2D eigenvalue weighted by molar-refractivity contribution is -0.384. The fourth-order valence-corrected chi connectivity index (χ4v) is 2.76. The van der Waals surface area contributed by atoms with Crippen molar-refractivity contribution in [3.05, 3.63) is 33.9 Å². The van der Waals surface area contributed by atoms with E-state index in [1.807, 2.05) is 7.05 Å². The molecule has 6 nitrogen and oxygen atoms in total. The van der Waals surface area contributed by atoms with E-state index in [0.717, 1.165) is 37.1 Å². The number of nitrogens with zero attached hydrogens (tertiary/aromatic N) is 2. The minimum atomic E-state index is -0.372. The van der Waals surface area contributed by atoms with Gasteiger partial charge >= 0.3 is 0 Å². The summed E-state index contributed by atoms with van der Waals surface area (Å²) in [6, 6.07) is 5.03. The second kappa shape index (κ2) is 6.67. The normalized spacial score (nSPS) is 19.8. The van der Waals surface area contributed by atoms with Gasteiger partial charge in [-0.2, -0.15) is 0 Å². The molecule has 0 saturated carbocycles. The summed E-state index contributed by atoms with van der Waals surface area (Å²) in [6.45, 7) is 1.70. The monoisotopic (exact) mass is 279 g/mol. The number of aliphatic hydroxyl groups excluding tert-OH is 1. The fraction of sp³-hybridized carbons (Fsp3) is 0.571. The Bertz CT molecular complexity index is 479. The molecule has 0 aromatic heterocycles. The van der Waals surface area contributed by atoms with Crippen molar-refractivity contribution in [2.24, 2.45) is 0 Å². The lowest BCUT2D eigenvalue weighted by Gasteiger charge is -2.34. The van der Waals surface area contributed by atoms with Crippen molar-refractivity contribution in [3.63, 3.8) is 0 Å². The number of benzene rings is 1. The third-order valence-electron chi connectivity index (χ3n) is 3.90. The number of non-ortho nitro benzene ring substituents is 1. The predicted octanol–water partition coefficient (Wildman–Crippen LogP) is 1.98. The first-order valence-corrected chi connectivity index (χ1v) is 6.95. The van der Waals surface area contributed by atoms with Crippen LogP contribution in [-0.4, -0.2) is 41.2 Å². The van der Waals surface area contributed by atoms with Gasteiger partial charge < -0.3 is 10.4 Å². The van der Waals surface area contributed by atoms with Crippen LogP contribution in [0.4, 0.5) is 11.4 Å².